The van der Waals surface area contributed by atoms with Crippen LogP contribution in [-0.4, -0.2) is 40.1 Å². The fourth-order valence-corrected chi connectivity index (χ4v) is 6.97. The van der Waals surface area contributed by atoms with Crippen LogP contribution < -0.4 is 10.1 Å². The number of benzene rings is 3. The van der Waals surface area contributed by atoms with Gasteiger partial charge in [-0.2, -0.15) is 39.5 Å². The summed E-state index contributed by atoms with van der Waals surface area (Å²) < 4.78 is 131. The number of carbonyl (C=O) groups is 2. The molecule has 2 fully saturated rings. The van der Waals surface area contributed by atoms with Crippen LogP contribution in [0.3, 0.4) is 0 Å². The SMILES string of the molecule is COc1c(C(F)(F)F)ccc(-c2cccc(-c3ccc(C(=O)O)nc3C)c2)c1[C@@H]1CC[C@H]2[C@@H](c3cc(C(F)(F)F)cc(C(F)(F)F)c3)NC(=O)N12. The van der Waals surface area contributed by atoms with Crippen molar-refractivity contribution in [3.8, 4) is 28.0 Å². The second-order valence-corrected chi connectivity index (χ2v) is 12.2. The Balaban J connectivity index is 1.47. The fraction of sp³-hybridized carbons (Fsp3) is 0.286. The number of aryl methyl sites for hydroxylation is 1. The molecule has 268 valence electrons. The summed E-state index contributed by atoms with van der Waals surface area (Å²) in [7, 11) is 1.02. The first kappa shape index (κ1) is 35.5. The molecule has 2 amide bonds. The van der Waals surface area contributed by atoms with E-state index in [0.29, 0.717) is 34.5 Å². The lowest BCUT2D eigenvalue weighted by atomic mass is 9.89. The molecular formula is C35H26F9N3O4. The van der Waals surface area contributed by atoms with Gasteiger partial charge in [-0.15, -0.1) is 0 Å². The predicted octanol–water partition coefficient (Wildman–Crippen LogP) is 9.46. The number of fused-ring (bicyclic) bond motifs is 1. The minimum Gasteiger partial charge on any atom is -0.496 e. The molecule has 0 aliphatic carbocycles. The van der Waals surface area contributed by atoms with Gasteiger partial charge >= 0.3 is 30.5 Å². The van der Waals surface area contributed by atoms with Gasteiger partial charge in [-0.05, 0) is 78.4 Å². The van der Waals surface area contributed by atoms with E-state index in [4.69, 9.17) is 4.74 Å². The maximum Gasteiger partial charge on any atom is 0.419 e. The molecule has 4 aromatic rings. The lowest BCUT2D eigenvalue weighted by molar-refractivity contribution is -0.143. The molecule has 7 nitrogen and oxygen atoms in total. The van der Waals surface area contributed by atoms with Gasteiger partial charge in [-0.3, -0.25) is 0 Å². The van der Waals surface area contributed by atoms with Crippen molar-refractivity contribution in [3.05, 3.63) is 106 Å². The molecule has 2 aliphatic heterocycles. The average molecular weight is 724 g/mol. The molecule has 0 bridgehead atoms. The Morgan fingerprint density at radius 3 is 2.00 bits per heavy atom. The Hall–Kier alpha value is -5.28. The second kappa shape index (κ2) is 12.5. The summed E-state index contributed by atoms with van der Waals surface area (Å²) in [5.41, 5.74) is -2.98. The topological polar surface area (TPSA) is 91.8 Å². The number of halogens is 9. The van der Waals surface area contributed by atoms with Gasteiger partial charge in [0.05, 0.1) is 41.9 Å². The van der Waals surface area contributed by atoms with E-state index >= 15 is 0 Å². The number of amides is 2. The number of alkyl halides is 9. The number of nitrogens with one attached hydrogen (secondary N) is 1. The van der Waals surface area contributed by atoms with Crippen molar-refractivity contribution < 1.29 is 58.9 Å². The van der Waals surface area contributed by atoms with E-state index < -0.39 is 76.7 Å². The van der Waals surface area contributed by atoms with Crippen LogP contribution in [0.4, 0.5) is 44.3 Å². The van der Waals surface area contributed by atoms with Crippen LogP contribution in [-0.2, 0) is 18.5 Å². The third-order valence-corrected chi connectivity index (χ3v) is 9.12. The van der Waals surface area contributed by atoms with E-state index in [2.05, 4.69) is 10.3 Å². The van der Waals surface area contributed by atoms with Gasteiger partial charge in [0.1, 0.15) is 11.4 Å². The second-order valence-electron chi connectivity index (χ2n) is 12.2. The summed E-state index contributed by atoms with van der Waals surface area (Å²) in [5.74, 6) is -1.84. The summed E-state index contributed by atoms with van der Waals surface area (Å²) in [4.78, 5) is 30.2. The Labute approximate surface area is 283 Å². The first-order valence-electron chi connectivity index (χ1n) is 15.3. The van der Waals surface area contributed by atoms with E-state index in [9.17, 15) is 54.2 Å². The van der Waals surface area contributed by atoms with Crippen molar-refractivity contribution in [3.63, 3.8) is 0 Å². The quantitative estimate of drug-likeness (QED) is 0.194. The van der Waals surface area contributed by atoms with Gasteiger partial charge in [0.15, 0.2) is 0 Å². The Morgan fingerprint density at radius 2 is 1.45 bits per heavy atom. The molecule has 2 aliphatic rings. The zero-order chi connectivity index (χ0) is 37.2. The average Bonchev–Trinajstić information content (AvgIpc) is 3.63. The summed E-state index contributed by atoms with van der Waals surface area (Å²) >= 11 is 0. The van der Waals surface area contributed by atoms with Gasteiger partial charge in [0.2, 0.25) is 0 Å². The Morgan fingerprint density at radius 1 is 0.843 bits per heavy atom. The summed E-state index contributed by atoms with van der Waals surface area (Å²) in [6.07, 6.45) is -15.2. The van der Waals surface area contributed by atoms with Crippen LogP contribution in [0.5, 0.6) is 5.75 Å². The molecule has 2 N–H and O–H groups in total. The number of ether oxygens (including phenoxy) is 1. The molecule has 16 heteroatoms. The lowest BCUT2D eigenvalue weighted by Crippen LogP contribution is -2.32. The predicted molar refractivity (Wildman–Crippen MR) is 164 cm³/mol. The number of nitrogens with zero attached hydrogens (tertiary/aromatic N) is 2. The summed E-state index contributed by atoms with van der Waals surface area (Å²) in [5, 5.41) is 11.8. The van der Waals surface area contributed by atoms with E-state index in [1.54, 1.807) is 31.2 Å². The van der Waals surface area contributed by atoms with Gasteiger partial charge in [0, 0.05) is 16.8 Å². The van der Waals surface area contributed by atoms with Crippen molar-refractivity contribution in [1.29, 1.82) is 0 Å². The number of aromatic carboxylic acids is 1. The normalized spacial score (nSPS) is 19.2. The number of methoxy groups -OCH3 is 1. The van der Waals surface area contributed by atoms with Crippen molar-refractivity contribution in [2.24, 2.45) is 0 Å². The smallest absolute Gasteiger partial charge is 0.419 e. The number of urea groups is 1. The first-order chi connectivity index (χ1) is 23.8. The van der Waals surface area contributed by atoms with Crippen molar-refractivity contribution >= 4 is 12.0 Å². The largest absolute Gasteiger partial charge is 0.496 e. The third-order valence-electron chi connectivity index (χ3n) is 9.12. The van der Waals surface area contributed by atoms with Gasteiger partial charge in [-0.25, -0.2) is 14.6 Å². The Bertz CT molecular complexity index is 2010. The number of hydrogen-bond acceptors (Lipinski definition) is 4. The van der Waals surface area contributed by atoms with Crippen LogP contribution in [0.1, 0.15) is 68.9 Å². The highest BCUT2D eigenvalue weighted by Gasteiger charge is 2.51. The van der Waals surface area contributed by atoms with Crippen molar-refractivity contribution in [2.45, 2.75) is 56.4 Å². The molecule has 3 heterocycles. The number of carboxylic acid groups (broad SMARTS) is 1. The first-order valence-corrected chi connectivity index (χ1v) is 15.3. The molecule has 51 heavy (non-hydrogen) atoms. The maximum atomic E-state index is 14.3. The Kier molecular flexibility index (Phi) is 8.71. The molecule has 0 unspecified atom stereocenters. The number of carbonyl (C=O) groups excluding carboxylic acids is 1. The fourth-order valence-electron chi connectivity index (χ4n) is 6.97. The van der Waals surface area contributed by atoms with Crippen LogP contribution in [0.25, 0.3) is 22.3 Å². The van der Waals surface area contributed by atoms with E-state index in [1.807, 2.05) is 0 Å². The number of rotatable bonds is 6. The number of carboxylic acids is 1. The maximum absolute atomic E-state index is 14.3. The van der Waals surface area contributed by atoms with Gasteiger partial charge < -0.3 is 20.1 Å². The lowest BCUT2D eigenvalue weighted by Gasteiger charge is -2.29. The van der Waals surface area contributed by atoms with Gasteiger partial charge in [0.25, 0.3) is 0 Å². The van der Waals surface area contributed by atoms with Crippen LogP contribution in [0.2, 0.25) is 0 Å². The van der Waals surface area contributed by atoms with Crippen molar-refractivity contribution in [1.82, 2.24) is 15.2 Å². The molecule has 3 atom stereocenters. The minimum atomic E-state index is -5.14. The number of pyridine rings is 1. The molecule has 6 rings (SSSR count). The third kappa shape index (κ3) is 6.54. The monoisotopic (exact) mass is 723 g/mol. The molecular weight excluding hydrogens is 697 g/mol. The minimum absolute atomic E-state index is 0.00369. The standard InChI is InChI=1S/C35H26F9N3O4/c1-16-22(7-9-25(45-16)31(48)49)17-4-3-5-18(12-17)23-6-8-24(35(42,43)44)30(51-2)28(23)26-10-11-27-29(46-32(50)47(26)27)19-13-20(33(36,37)38)15-21(14-19)34(39,40)41/h3-9,12-15,26-27,29H,10-11H2,1-2H3,(H,46,50)(H,48,49)/t26-,27-,29+/m0/s1. The zero-order valence-corrected chi connectivity index (χ0v) is 26.5. The summed E-state index contributed by atoms with van der Waals surface area (Å²) in [6, 6.07) is 8.03. The highest BCUT2D eigenvalue weighted by Crippen LogP contribution is 2.53. The number of aromatic nitrogens is 1. The van der Waals surface area contributed by atoms with Crippen LogP contribution in [0.15, 0.2) is 66.7 Å². The zero-order valence-electron chi connectivity index (χ0n) is 26.5. The molecule has 0 spiro atoms. The van der Waals surface area contributed by atoms with Crippen LogP contribution >= 0.6 is 0 Å². The van der Waals surface area contributed by atoms with E-state index in [-0.39, 0.29) is 35.7 Å². The van der Waals surface area contributed by atoms with E-state index in [1.165, 1.54) is 18.2 Å². The molecule has 0 radical (unpaired) electrons. The van der Waals surface area contributed by atoms with Crippen molar-refractivity contribution in [2.75, 3.05) is 7.11 Å². The highest BCUT2D eigenvalue weighted by atomic mass is 19.4. The van der Waals surface area contributed by atoms with E-state index in [0.717, 1.165) is 18.1 Å². The van der Waals surface area contributed by atoms with Crippen LogP contribution in [0, 0.1) is 6.92 Å². The molecule has 0 saturated carbocycles. The molecule has 3 aromatic carbocycles. The van der Waals surface area contributed by atoms with Gasteiger partial charge in [-0.1, -0.05) is 30.3 Å². The summed E-state index contributed by atoms with van der Waals surface area (Å²) in [6.45, 7) is 1.59. The molecule has 2 saturated heterocycles. The highest BCUT2D eigenvalue weighted by molar-refractivity contribution is 5.87. The number of hydrogen-bond donors (Lipinski definition) is 2. The molecule has 1 aromatic heterocycles.